The molecule has 0 fully saturated rings. The number of hydrogen-bond acceptors (Lipinski definition) is 4. The largest absolute Gasteiger partial charge is 0.464 e. The van der Waals surface area contributed by atoms with E-state index in [1.165, 1.54) is 15.7 Å². The highest BCUT2D eigenvalue weighted by molar-refractivity contribution is 8.03. The predicted octanol–water partition coefficient (Wildman–Crippen LogP) is 5.95. The van der Waals surface area contributed by atoms with Crippen LogP contribution in [-0.2, 0) is 14.3 Å². The van der Waals surface area contributed by atoms with Crippen LogP contribution in [-0.4, -0.2) is 36.4 Å². The minimum atomic E-state index is -0.804. The lowest BCUT2D eigenvalue weighted by molar-refractivity contribution is -0.170. The summed E-state index contributed by atoms with van der Waals surface area (Å²) in [6.45, 7) is 8.96. The third-order valence-corrected chi connectivity index (χ3v) is 7.08. The molecule has 0 aromatic heterocycles. The first kappa shape index (κ1) is 22.2. The smallest absolute Gasteiger partial charge is 0.338 e. The van der Waals surface area contributed by atoms with Crippen LogP contribution in [0.4, 0.5) is 0 Å². The highest BCUT2D eigenvalue weighted by Gasteiger charge is 2.40. The average Bonchev–Trinajstić information content (AvgIpc) is 2.65. The van der Waals surface area contributed by atoms with Crippen LogP contribution in [0, 0.1) is 5.92 Å². The Morgan fingerprint density at radius 2 is 1.85 bits per heavy atom. The molecule has 3 nitrogen and oxygen atoms in total. The van der Waals surface area contributed by atoms with E-state index in [1.807, 2.05) is 25.6 Å². The molecule has 2 rings (SSSR count). The minimum absolute atomic E-state index is 0.205. The molecule has 0 saturated carbocycles. The number of carbonyl (C=O) groups is 1. The Morgan fingerprint density at radius 1 is 1.11 bits per heavy atom. The van der Waals surface area contributed by atoms with Crippen LogP contribution in [0.2, 0.25) is 0 Å². The van der Waals surface area contributed by atoms with Crippen molar-refractivity contribution in [2.45, 2.75) is 44.6 Å². The van der Waals surface area contributed by atoms with Gasteiger partial charge in [0.2, 0.25) is 0 Å². The second-order valence-electron chi connectivity index (χ2n) is 6.97. The van der Waals surface area contributed by atoms with E-state index < -0.39 is 5.60 Å². The van der Waals surface area contributed by atoms with Gasteiger partial charge in [0.1, 0.15) is 0 Å². The Bertz CT molecular complexity index is 734. The fourth-order valence-corrected chi connectivity index (χ4v) is 5.89. The molecule has 2 aromatic carbocycles. The fourth-order valence-electron chi connectivity index (χ4n) is 3.24. The lowest BCUT2D eigenvalue weighted by Crippen LogP contribution is -2.46. The van der Waals surface area contributed by atoms with Crippen molar-refractivity contribution in [1.82, 2.24) is 0 Å². The monoisotopic (exact) mass is 406 g/mol. The summed E-state index contributed by atoms with van der Waals surface area (Å²) in [6.07, 6.45) is 1.42. The topological polar surface area (TPSA) is 35.5 Å². The zero-order chi connectivity index (χ0) is 19.7. The van der Waals surface area contributed by atoms with Gasteiger partial charge >= 0.3 is 5.97 Å². The molecule has 148 valence electrons. The van der Waals surface area contributed by atoms with Gasteiger partial charge in [0.25, 0.3) is 0 Å². The molecule has 0 aliphatic heterocycles. The first-order chi connectivity index (χ1) is 13.0. The molecule has 0 aliphatic carbocycles. The van der Waals surface area contributed by atoms with Gasteiger partial charge in [0.15, 0.2) is 5.60 Å². The van der Waals surface area contributed by atoms with Crippen LogP contribution in [0.5, 0.6) is 0 Å². The number of rotatable bonds is 11. The molecular weight excluding hydrogens is 375 g/mol. The summed E-state index contributed by atoms with van der Waals surface area (Å²) in [4.78, 5) is 13.9. The van der Waals surface area contributed by atoms with Crippen LogP contribution < -0.4 is 0 Å². The number of hydrogen-bond donors (Lipinski definition) is 0. The molecule has 27 heavy (non-hydrogen) atoms. The van der Waals surface area contributed by atoms with Crippen molar-refractivity contribution in [2.24, 2.45) is 5.92 Å². The predicted molar refractivity (Wildman–Crippen MR) is 118 cm³/mol. The van der Waals surface area contributed by atoms with Gasteiger partial charge in [0, 0.05) is 23.2 Å². The van der Waals surface area contributed by atoms with Gasteiger partial charge in [-0.25, -0.2) is 4.79 Å². The van der Waals surface area contributed by atoms with E-state index in [9.17, 15) is 4.79 Å². The molecule has 0 radical (unpaired) electrons. The molecule has 2 atom stereocenters. The molecule has 0 bridgehead atoms. The van der Waals surface area contributed by atoms with Crippen molar-refractivity contribution in [1.29, 1.82) is 0 Å². The summed E-state index contributed by atoms with van der Waals surface area (Å²) >= 11 is 1.84. The lowest BCUT2D eigenvalue weighted by Gasteiger charge is -2.32. The van der Waals surface area contributed by atoms with Gasteiger partial charge < -0.3 is 9.47 Å². The summed E-state index contributed by atoms with van der Waals surface area (Å²) in [5, 5.41) is 2.53. The Balaban J connectivity index is 1.99. The van der Waals surface area contributed by atoms with Crippen LogP contribution >= 0.6 is 20.3 Å². The fraction of sp³-hybridized carbons (Fsp3) is 0.500. The lowest BCUT2D eigenvalue weighted by atomic mass is 9.94. The number of esters is 1. The van der Waals surface area contributed by atoms with E-state index in [1.54, 1.807) is 0 Å². The number of carbonyl (C=O) groups excluding carboxylic acids is 1. The normalized spacial score (nSPS) is 14.1. The molecule has 2 unspecified atom stereocenters. The molecule has 0 amide bonds. The summed E-state index contributed by atoms with van der Waals surface area (Å²) in [5.41, 5.74) is 0.173. The molecular formula is C22H31O3PS. The van der Waals surface area contributed by atoms with Gasteiger partial charge in [-0.2, -0.15) is 0 Å². The molecule has 5 heteroatoms. The second kappa shape index (κ2) is 11.0. The van der Waals surface area contributed by atoms with E-state index in [0.29, 0.717) is 34.1 Å². The quantitative estimate of drug-likeness (QED) is 0.200. The maximum Gasteiger partial charge on any atom is 0.338 e. The van der Waals surface area contributed by atoms with Crippen LogP contribution in [0.1, 0.15) is 34.1 Å². The third kappa shape index (κ3) is 6.48. The highest BCUT2D eigenvalue weighted by Crippen LogP contribution is 2.35. The van der Waals surface area contributed by atoms with Crippen molar-refractivity contribution in [3.8, 4) is 0 Å². The number of fused-ring (bicyclic) bond motifs is 1. The van der Waals surface area contributed by atoms with E-state index in [-0.39, 0.29) is 5.97 Å². The van der Waals surface area contributed by atoms with Crippen molar-refractivity contribution < 1.29 is 14.3 Å². The SMILES string of the molecule is CCOC(=O)C(CPCSc1ccc2ccccc2c1)(CC(C)C)OCC. The van der Waals surface area contributed by atoms with Crippen LogP contribution in [0.15, 0.2) is 47.4 Å². The highest BCUT2D eigenvalue weighted by atomic mass is 32.2. The van der Waals surface area contributed by atoms with Gasteiger partial charge in [-0.05, 0) is 49.1 Å². The standard InChI is InChI=1S/C22H31O3PS/c1-5-24-21(23)22(25-6-2,14-17(3)4)15-26-16-27-20-12-11-18-9-7-8-10-19(18)13-20/h7-13,17,26H,5-6,14-16H2,1-4H3. The van der Waals surface area contributed by atoms with Gasteiger partial charge in [-0.3, -0.25) is 0 Å². The Hall–Kier alpha value is -1.09. The second-order valence-corrected chi connectivity index (χ2v) is 9.74. The molecule has 0 heterocycles. The number of ether oxygens (including phenoxy) is 2. The van der Waals surface area contributed by atoms with E-state index in [0.717, 1.165) is 11.7 Å². The summed E-state index contributed by atoms with van der Waals surface area (Å²) in [6, 6.07) is 15.0. The summed E-state index contributed by atoms with van der Waals surface area (Å²) < 4.78 is 11.3. The van der Waals surface area contributed by atoms with Crippen LogP contribution in [0.25, 0.3) is 10.8 Å². The molecule has 0 N–H and O–H groups in total. The number of thioether (sulfide) groups is 1. The average molecular weight is 407 g/mol. The molecule has 2 aromatic rings. The van der Waals surface area contributed by atoms with Crippen molar-refractivity contribution in [3.63, 3.8) is 0 Å². The van der Waals surface area contributed by atoms with E-state index >= 15 is 0 Å². The Kier molecular flexibility index (Phi) is 9.08. The number of benzene rings is 2. The van der Waals surface area contributed by atoms with Crippen molar-refractivity contribution >= 4 is 37.1 Å². The molecule has 0 aliphatic rings. The van der Waals surface area contributed by atoms with Gasteiger partial charge in [0.05, 0.1) is 6.61 Å². The summed E-state index contributed by atoms with van der Waals surface area (Å²) in [7, 11) is 0.630. The van der Waals surface area contributed by atoms with Crippen molar-refractivity contribution in [3.05, 3.63) is 42.5 Å². The zero-order valence-electron chi connectivity index (χ0n) is 16.8. The Morgan fingerprint density at radius 3 is 2.52 bits per heavy atom. The minimum Gasteiger partial charge on any atom is -0.464 e. The zero-order valence-corrected chi connectivity index (χ0v) is 18.6. The van der Waals surface area contributed by atoms with Gasteiger partial charge in [-0.1, -0.05) is 44.2 Å². The summed E-state index contributed by atoms with van der Waals surface area (Å²) in [5.74, 6) is 0.169. The maximum atomic E-state index is 12.7. The molecule has 0 saturated heterocycles. The van der Waals surface area contributed by atoms with E-state index in [2.05, 4.69) is 56.3 Å². The third-order valence-electron chi connectivity index (χ3n) is 4.28. The van der Waals surface area contributed by atoms with Crippen molar-refractivity contribution in [2.75, 3.05) is 24.9 Å². The Labute approximate surface area is 169 Å². The van der Waals surface area contributed by atoms with Crippen LogP contribution in [0.3, 0.4) is 0 Å². The molecule has 0 spiro atoms. The van der Waals surface area contributed by atoms with E-state index in [4.69, 9.17) is 9.47 Å². The first-order valence-corrected chi connectivity index (χ1v) is 12.0. The maximum absolute atomic E-state index is 12.7. The first-order valence-electron chi connectivity index (χ1n) is 9.64. The van der Waals surface area contributed by atoms with Gasteiger partial charge in [-0.15, -0.1) is 20.3 Å².